The molecule has 3 aromatic rings. The molecule has 0 unspecified atom stereocenters. The summed E-state index contributed by atoms with van der Waals surface area (Å²) in [5.41, 5.74) is 6.43. The van der Waals surface area contributed by atoms with Crippen molar-refractivity contribution in [2.45, 2.75) is 111 Å². The Morgan fingerprint density at radius 3 is 2.15 bits per heavy atom. The fraction of sp³-hybridized carbons (Fsp3) is 0.538. The number of carbonyl (C=O) groups excluding carboxylic acids is 1. The van der Waals surface area contributed by atoms with Crippen molar-refractivity contribution < 1.29 is 23.4 Å². The zero-order valence-corrected chi connectivity index (χ0v) is 28.7. The van der Waals surface area contributed by atoms with E-state index in [4.69, 9.17) is 19.2 Å². The summed E-state index contributed by atoms with van der Waals surface area (Å²) in [6.45, 7) is 16.0. The van der Waals surface area contributed by atoms with Crippen molar-refractivity contribution in [2.24, 2.45) is 5.41 Å². The van der Waals surface area contributed by atoms with E-state index in [1.54, 1.807) is 12.1 Å². The van der Waals surface area contributed by atoms with E-state index in [2.05, 4.69) is 24.0 Å². The highest BCUT2D eigenvalue weighted by Gasteiger charge is 2.40. The maximum absolute atomic E-state index is 13.8. The number of benzene rings is 2. The summed E-state index contributed by atoms with van der Waals surface area (Å²) < 4.78 is 31.7. The molecule has 6 nitrogen and oxygen atoms in total. The number of ether oxygens (including phenoxy) is 3. The number of nitrogens with zero attached hydrogens (tertiary/aromatic N) is 2. The summed E-state index contributed by atoms with van der Waals surface area (Å²) in [7, 11) is 0. The van der Waals surface area contributed by atoms with Crippen LogP contribution in [0.4, 0.5) is 10.1 Å². The van der Waals surface area contributed by atoms with Gasteiger partial charge in [-0.25, -0.2) is 9.18 Å². The van der Waals surface area contributed by atoms with E-state index >= 15 is 0 Å². The molecule has 1 aromatic heterocycles. The number of aryl methyl sites for hydroxylation is 2. The molecule has 1 spiro atoms. The minimum Gasteiger partial charge on any atom is -0.493 e. The summed E-state index contributed by atoms with van der Waals surface area (Å²) >= 11 is 0. The number of piperidine rings is 1. The van der Waals surface area contributed by atoms with Crippen LogP contribution in [0, 0.1) is 25.1 Å². The zero-order chi connectivity index (χ0) is 33.1. The number of esters is 1. The topological polar surface area (TPSA) is 60.9 Å². The molecule has 0 amide bonds. The highest BCUT2D eigenvalue weighted by molar-refractivity contribution is 5.88. The van der Waals surface area contributed by atoms with Crippen LogP contribution in [-0.2, 0) is 20.7 Å². The third-order valence-corrected chi connectivity index (χ3v) is 9.40. The van der Waals surface area contributed by atoms with Gasteiger partial charge < -0.3 is 19.1 Å². The van der Waals surface area contributed by atoms with Crippen LogP contribution in [0.1, 0.15) is 102 Å². The molecule has 1 saturated carbocycles. The van der Waals surface area contributed by atoms with Crippen molar-refractivity contribution in [1.82, 2.24) is 4.98 Å². The standard InChI is InChI=1S/C39H51FN2O4/c1-26(2)45-37(43)36(46-38(5,6)7)34-28(4)41-27(3)33(35(34)42-23-21-39(22-24-42)19-8-9-20-39)30-12-16-32(17-13-30)44-25-18-29-10-14-31(40)15-11-29/h10-17,26,36H,8-9,18-25H2,1-7H3/t36-/m0/s1. The van der Waals surface area contributed by atoms with Crippen LogP contribution in [0.25, 0.3) is 11.1 Å². The van der Waals surface area contributed by atoms with Gasteiger partial charge in [-0.05, 0) is 115 Å². The van der Waals surface area contributed by atoms with Crippen molar-refractivity contribution in [3.05, 3.63) is 76.9 Å². The van der Waals surface area contributed by atoms with Gasteiger partial charge in [-0.15, -0.1) is 0 Å². The number of pyridine rings is 1. The lowest BCUT2D eigenvalue weighted by molar-refractivity contribution is -0.171. The second-order valence-electron chi connectivity index (χ2n) is 14.5. The first-order valence-electron chi connectivity index (χ1n) is 17.0. The Labute approximate surface area is 274 Å². The first kappa shape index (κ1) is 33.9. The highest BCUT2D eigenvalue weighted by Crippen LogP contribution is 2.49. The number of hydrogen-bond donors (Lipinski definition) is 0. The second-order valence-corrected chi connectivity index (χ2v) is 14.5. The van der Waals surface area contributed by atoms with E-state index in [9.17, 15) is 9.18 Å². The van der Waals surface area contributed by atoms with Gasteiger partial charge in [0.25, 0.3) is 0 Å². The van der Waals surface area contributed by atoms with E-state index in [1.165, 1.54) is 37.8 Å². The Balaban J connectivity index is 1.52. The summed E-state index contributed by atoms with van der Waals surface area (Å²) in [6.07, 6.45) is 7.07. The van der Waals surface area contributed by atoms with Gasteiger partial charge in [0, 0.05) is 42.0 Å². The van der Waals surface area contributed by atoms with Crippen molar-refractivity contribution in [1.29, 1.82) is 0 Å². The molecular weight excluding hydrogens is 579 g/mol. The molecule has 2 fully saturated rings. The van der Waals surface area contributed by atoms with E-state index in [1.807, 2.05) is 53.7 Å². The molecule has 1 aliphatic carbocycles. The number of aromatic nitrogens is 1. The van der Waals surface area contributed by atoms with Crippen LogP contribution in [0.2, 0.25) is 0 Å². The summed E-state index contributed by atoms with van der Waals surface area (Å²) in [5, 5.41) is 0. The van der Waals surface area contributed by atoms with Crippen LogP contribution >= 0.6 is 0 Å². The molecule has 2 aromatic carbocycles. The molecule has 1 atom stereocenters. The lowest BCUT2D eigenvalue weighted by Crippen LogP contribution is -2.40. The maximum atomic E-state index is 13.8. The van der Waals surface area contributed by atoms with Gasteiger partial charge in [-0.1, -0.05) is 37.1 Å². The molecule has 2 heterocycles. The van der Waals surface area contributed by atoms with Crippen LogP contribution in [-0.4, -0.2) is 42.4 Å². The monoisotopic (exact) mass is 630 g/mol. The van der Waals surface area contributed by atoms with Crippen LogP contribution in [0.5, 0.6) is 5.75 Å². The minimum absolute atomic E-state index is 0.237. The molecule has 0 radical (unpaired) electrons. The third kappa shape index (κ3) is 8.09. The molecule has 0 N–H and O–H groups in total. The zero-order valence-electron chi connectivity index (χ0n) is 28.7. The summed E-state index contributed by atoms with van der Waals surface area (Å²) in [6, 6.07) is 14.7. The van der Waals surface area contributed by atoms with E-state index in [0.29, 0.717) is 18.4 Å². The van der Waals surface area contributed by atoms with E-state index in [0.717, 1.165) is 71.0 Å². The van der Waals surface area contributed by atoms with Crippen molar-refractivity contribution in [3.8, 4) is 16.9 Å². The Hall–Kier alpha value is -3.45. The molecule has 7 heteroatoms. The Morgan fingerprint density at radius 2 is 1.57 bits per heavy atom. The fourth-order valence-electron chi connectivity index (χ4n) is 7.19. The van der Waals surface area contributed by atoms with Crippen molar-refractivity contribution >= 4 is 11.7 Å². The molecule has 248 valence electrons. The normalized spacial score (nSPS) is 17.0. The number of halogens is 1. The first-order valence-corrected chi connectivity index (χ1v) is 17.0. The van der Waals surface area contributed by atoms with Crippen LogP contribution in [0.3, 0.4) is 0 Å². The fourth-order valence-corrected chi connectivity index (χ4v) is 7.19. The summed E-state index contributed by atoms with van der Waals surface area (Å²) in [4.78, 5) is 21.3. The Morgan fingerprint density at radius 1 is 0.935 bits per heavy atom. The van der Waals surface area contributed by atoms with Crippen LogP contribution < -0.4 is 9.64 Å². The van der Waals surface area contributed by atoms with Crippen molar-refractivity contribution in [3.63, 3.8) is 0 Å². The Bertz CT molecular complexity index is 1480. The quantitative estimate of drug-likeness (QED) is 0.208. The largest absolute Gasteiger partial charge is 0.493 e. The predicted molar refractivity (Wildman–Crippen MR) is 182 cm³/mol. The van der Waals surface area contributed by atoms with Gasteiger partial charge in [0.2, 0.25) is 0 Å². The first-order chi connectivity index (χ1) is 21.8. The summed E-state index contributed by atoms with van der Waals surface area (Å²) in [5.74, 6) is 0.139. The lowest BCUT2D eigenvalue weighted by atomic mass is 9.76. The lowest BCUT2D eigenvalue weighted by Gasteiger charge is -2.43. The van der Waals surface area contributed by atoms with E-state index in [-0.39, 0.29) is 17.9 Å². The van der Waals surface area contributed by atoms with E-state index < -0.39 is 11.7 Å². The van der Waals surface area contributed by atoms with Gasteiger partial charge >= 0.3 is 5.97 Å². The number of rotatable bonds is 10. The molecule has 1 aliphatic heterocycles. The predicted octanol–water partition coefficient (Wildman–Crippen LogP) is 9.09. The van der Waals surface area contributed by atoms with Gasteiger partial charge in [-0.2, -0.15) is 0 Å². The number of hydrogen-bond acceptors (Lipinski definition) is 6. The molecule has 1 saturated heterocycles. The maximum Gasteiger partial charge on any atom is 0.340 e. The second kappa shape index (κ2) is 14.1. The molecule has 5 rings (SSSR count). The average molecular weight is 631 g/mol. The highest BCUT2D eigenvalue weighted by atomic mass is 19.1. The Kier molecular flexibility index (Phi) is 10.4. The smallest absolute Gasteiger partial charge is 0.340 e. The van der Waals surface area contributed by atoms with Gasteiger partial charge in [0.1, 0.15) is 11.6 Å². The SMILES string of the molecule is Cc1nc(C)c([C@H](OC(C)(C)C)C(=O)OC(C)C)c(N2CCC3(CCCC3)CC2)c1-c1ccc(OCCc2ccc(F)cc2)cc1. The van der Waals surface area contributed by atoms with Gasteiger partial charge in [0.15, 0.2) is 6.10 Å². The van der Waals surface area contributed by atoms with Crippen molar-refractivity contribution in [2.75, 3.05) is 24.6 Å². The molecular formula is C39H51FN2O4. The third-order valence-electron chi connectivity index (χ3n) is 9.40. The van der Waals surface area contributed by atoms with Gasteiger partial charge in [-0.3, -0.25) is 4.98 Å². The number of carbonyl (C=O) groups is 1. The van der Waals surface area contributed by atoms with Crippen LogP contribution in [0.15, 0.2) is 48.5 Å². The molecule has 46 heavy (non-hydrogen) atoms. The molecule has 0 bridgehead atoms. The van der Waals surface area contributed by atoms with Gasteiger partial charge in [0.05, 0.1) is 24.0 Å². The molecule has 2 aliphatic rings. The number of anilines is 1. The average Bonchev–Trinajstić information content (AvgIpc) is 3.45. The minimum atomic E-state index is -0.916.